The molecule has 1 N–H and O–H groups in total. The van der Waals surface area contributed by atoms with Gasteiger partial charge in [0.2, 0.25) is 5.91 Å². The first-order chi connectivity index (χ1) is 13.1. The van der Waals surface area contributed by atoms with Crippen LogP contribution in [-0.2, 0) is 30.6 Å². The molecule has 2 heterocycles. The molecule has 27 heavy (non-hydrogen) atoms. The number of rotatable bonds is 4. The van der Waals surface area contributed by atoms with E-state index in [2.05, 4.69) is 17.3 Å². The first-order valence-electron chi connectivity index (χ1n) is 9.56. The topological polar surface area (TPSA) is 68.4 Å². The summed E-state index contributed by atoms with van der Waals surface area (Å²) in [5.74, 6) is -0.196. The smallest absolute Gasteiger partial charge is 0.277 e. The van der Waals surface area contributed by atoms with Crippen molar-refractivity contribution >= 4 is 17.1 Å². The van der Waals surface area contributed by atoms with Crippen molar-refractivity contribution in [3.05, 3.63) is 63.3 Å². The number of aryl methyl sites for hydroxylation is 4. The first kappa shape index (κ1) is 17.5. The Morgan fingerprint density at radius 2 is 2.04 bits per heavy atom. The van der Waals surface area contributed by atoms with Gasteiger partial charge in [-0.1, -0.05) is 25.1 Å². The van der Waals surface area contributed by atoms with E-state index in [-0.39, 0.29) is 18.0 Å². The maximum Gasteiger partial charge on any atom is 0.277 e. The largest absolute Gasteiger partial charge is 0.324 e. The SMILES string of the molecule is CCc1cccc(C)c1NC(=O)Cn1ccn2nc3c(c2c1=O)CCCC3. The number of benzene rings is 1. The maximum absolute atomic E-state index is 13.0. The van der Waals surface area contributed by atoms with Gasteiger partial charge in [0.1, 0.15) is 12.1 Å². The lowest BCUT2D eigenvalue weighted by Gasteiger charge is -2.14. The van der Waals surface area contributed by atoms with Gasteiger partial charge in [-0.2, -0.15) is 5.10 Å². The van der Waals surface area contributed by atoms with Crippen LogP contribution in [0.2, 0.25) is 0 Å². The average Bonchev–Trinajstić information content (AvgIpc) is 3.05. The van der Waals surface area contributed by atoms with Gasteiger partial charge in [-0.25, -0.2) is 4.52 Å². The third kappa shape index (κ3) is 3.16. The van der Waals surface area contributed by atoms with E-state index in [0.29, 0.717) is 5.52 Å². The minimum atomic E-state index is -0.196. The fraction of sp³-hybridized carbons (Fsp3) is 0.381. The van der Waals surface area contributed by atoms with Crippen molar-refractivity contribution in [2.45, 2.75) is 52.5 Å². The number of hydrogen-bond donors (Lipinski definition) is 1. The molecular formula is C21H24N4O2. The molecule has 0 spiro atoms. The van der Waals surface area contributed by atoms with E-state index >= 15 is 0 Å². The zero-order valence-corrected chi connectivity index (χ0v) is 15.8. The Bertz CT molecular complexity index is 1080. The minimum Gasteiger partial charge on any atom is -0.324 e. The van der Waals surface area contributed by atoms with E-state index in [1.807, 2.05) is 25.1 Å². The third-order valence-electron chi connectivity index (χ3n) is 5.35. The van der Waals surface area contributed by atoms with Crippen LogP contribution in [0.5, 0.6) is 0 Å². The molecule has 0 saturated heterocycles. The quantitative estimate of drug-likeness (QED) is 0.774. The van der Waals surface area contributed by atoms with Crippen LogP contribution in [0, 0.1) is 6.92 Å². The summed E-state index contributed by atoms with van der Waals surface area (Å²) in [5, 5.41) is 7.53. The Morgan fingerprint density at radius 3 is 2.85 bits per heavy atom. The fourth-order valence-corrected chi connectivity index (χ4v) is 3.92. The number of fused-ring (bicyclic) bond motifs is 3. The average molecular weight is 364 g/mol. The van der Waals surface area contributed by atoms with Crippen molar-refractivity contribution in [1.29, 1.82) is 0 Å². The summed E-state index contributed by atoms with van der Waals surface area (Å²) < 4.78 is 3.15. The van der Waals surface area contributed by atoms with Crippen molar-refractivity contribution in [3.8, 4) is 0 Å². The molecule has 0 saturated carbocycles. The van der Waals surface area contributed by atoms with E-state index < -0.39 is 0 Å². The van der Waals surface area contributed by atoms with Gasteiger partial charge in [-0.15, -0.1) is 0 Å². The maximum atomic E-state index is 13.0. The van der Waals surface area contributed by atoms with Crippen molar-refractivity contribution < 1.29 is 4.79 Å². The molecule has 1 aliphatic carbocycles. The Labute approximate surface area is 157 Å². The Kier molecular flexibility index (Phi) is 4.56. The molecule has 0 aliphatic heterocycles. The van der Waals surface area contributed by atoms with Crippen molar-refractivity contribution in [2.75, 3.05) is 5.32 Å². The number of aromatic nitrogens is 3. The number of nitrogens with one attached hydrogen (secondary N) is 1. The van der Waals surface area contributed by atoms with Gasteiger partial charge in [0.25, 0.3) is 5.56 Å². The van der Waals surface area contributed by atoms with Gasteiger partial charge in [0, 0.05) is 23.6 Å². The highest BCUT2D eigenvalue weighted by Crippen LogP contribution is 2.23. The fourth-order valence-electron chi connectivity index (χ4n) is 3.92. The summed E-state index contributed by atoms with van der Waals surface area (Å²) in [7, 11) is 0. The molecule has 0 atom stereocenters. The lowest BCUT2D eigenvalue weighted by Crippen LogP contribution is -2.29. The second-order valence-electron chi connectivity index (χ2n) is 7.17. The monoisotopic (exact) mass is 364 g/mol. The van der Waals surface area contributed by atoms with E-state index in [1.165, 1.54) is 4.57 Å². The summed E-state index contributed by atoms with van der Waals surface area (Å²) in [4.78, 5) is 25.6. The van der Waals surface area contributed by atoms with Crippen LogP contribution in [0.15, 0.2) is 35.4 Å². The molecule has 1 aliphatic rings. The Morgan fingerprint density at radius 1 is 1.22 bits per heavy atom. The number of nitrogens with zero attached hydrogens (tertiary/aromatic N) is 3. The van der Waals surface area contributed by atoms with Crippen molar-refractivity contribution in [3.63, 3.8) is 0 Å². The van der Waals surface area contributed by atoms with Crippen molar-refractivity contribution in [2.24, 2.45) is 0 Å². The predicted octanol–water partition coefficient (Wildman–Crippen LogP) is 2.88. The summed E-state index contributed by atoms with van der Waals surface area (Å²) in [6.45, 7) is 4.03. The molecule has 2 aromatic heterocycles. The molecule has 1 aromatic carbocycles. The lowest BCUT2D eigenvalue weighted by molar-refractivity contribution is -0.116. The Balaban J connectivity index is 1.63. The first-order valence-corrected chi connectivity index (χ1v) is 9.56. The summed E-state index contributed by atoms with van der Waals surface area (Å²) >= 11 is 0. The number of carbonyl (C=O) groups is 1. The van der Waals surface area contributed by atoms with Gasteiger partial charge in [-0.3, -0.25) is 9.59 Å². The van der Waals surface area contributed by atoms with Crippen LogP contribution in [0.4, 0.5) is 5.69 Å². The van der Waals surface area contributed by atoms with Crippen LogP contribution in [0.3, 0.4) is 0 Å². The molecule has 0 bridgehead atoms. The molecule has 6 nitrogen and oxygen atoms in total. The van der Waals surface area contributed by atoms with E-state index in [9.17, 15) is 9.59 Å². The molecule has 3 aromatic rings. The summed E-state index contributed by atoms with van der Waals surface area (Å²) in [6.07, 6.45) is 8.25. The van der Waals surface area contributed by atoms with Gasteiger partial charge in [-0.05, 0) is 50.2 Å². The van der Waals surface area contributed by atoms with E-state index in [0.717, 1.165) is 60.2 Å². The molecular weight excluding hydrogens is 340 g/mol. The number of hydrogen-bond acceptors (Lipinski definition) is 3. The van der Waals surface area contributed by atoms with Gasteiger partial charge in [0.15, 0.2) is 0 Å². The third-order valence-corrected chi connectivity index (χ3v) is 5.35. The zero-order chi connectivity index (χ0) is 19.0. The number of amides is 1. The second-order valence-corrected chi connectivity index (χ2v) is 7.17. The second kappa shape index (κ2) is 7.02. The molecule has 0 unspecified atom stereocenters. The highest BCUT2D eigenvalue weighted by atomic mass is 16.2. The van der Waals surface area contributed by atoms with Gasteiger partial charge in [0.05, 0.1) is 5.69 Å². The normalized spacial score (nSPS) is 13.6. The molecule has 140 valence electrons. The highest BCUT2D eigenvalue weighted by molar-refractivity contribution is 5.92. The van der Waals surface area contributed by atoms with Gasteiger partial charge >= 0.3 is 0 Å². The minimum absolute atomic E-state index is 0.00717. The standard InChI is InChI=1S/C21H24N4O2/c1-3-15-8-6-7-14(2)19(15)22-18(26)13-24-11-12-25-20(21(24)27)16-9-4-5-10-17(16)23-25/h6-8,11-12H,3-5,9-10,13H2,1-2H3,(H,22,26). The lowest BCUT2D eigenvalue weighted by atomic mass is 9.97. The van der Waals surface area contributed by atoms with Crippen LogP contribution in [0.25, 0.3) is 5.52 Å². The van der Waals surface area contributed by atoms with E-state index in [1.54, 1.807) is 16.9 Å². The predicted molar refractivity (Wildman–Crippen MR) is 105 cm³/mol. The molecule has 1 amide bonds. The molecule has 0 fully saturated rings. The zero-order valence-electron chi connectivity index (χ0n) is 15.8. The van der Waals surface area contributed by atoms with Crippen LogP contribution < -0.4 is 10.9 Å². The number of para-hydroxylation sites is 1. The Hall–Kier alpha value is -2.89. The van der Waals surface area contributed by atoms with Crippen LogP contribution in [-0.4, -0.2) is 20.1 Å². The number of anilines is 1. The van der Waals surface area contributed by atoms with Gasteiger partial charge < -0.3 is 9.88 Å². The van der Waals surface area contributed by atoms with Crippen molar-refractivity contribution in [1.82, 2.24) is 14.2 Å². The van der Waals surface area contributed by atoms with E-state index in [4.69, 9.17) is 0 Å². The summed E-state index contributed by atoms with van der Waals surface area (Å²) in [6, 6.07) is 5.98. The van der Waals surface area contributed by atoms with Crippen LogP contribution in [0.1, 0.15) is 42.1 Å². The summed E-state index contributed by atoms with van der Waals surface area (Å²) in [5.41, 5.74) is 5.50. The molecule has 0 radical (unpaired) electrons. The highest BCUT2D eigenvalue weighted by Gasteiger charge is 2.20. The molecule has 6 heteroatoms. The molecule has 4 rings (SSSR count). The van der Waals surface area contributed by atoms with Crippen LogP contribution >= 0.6 is 0 Å². The number of carbonyl (C=O) groups excluding carboxylic acids is 1.